The number of esters is 1. The molecule has 0 amide bonds. The second-order valence-electron chi connectivity index (χ2n) is 4.28. The van der Waals surface area contributed by atoms with Crippen molar-refractivity contribution in [2.45, 2.75) is 19.4 Å². The smallest absolute Gasteiger partial charge is 0.337 e. The van der Waals surface area contributed by atoms with Crippen LogP contribution in [0, 0.1) is 0 Å². The highest BCUT2D eigenvalue weighted by atomic mass is 79.9. The van der Waals surface area contributed by atoms with Gasteiger partial charge in [-0.3, -0.25) is 4.90 Å². The lowest BCUT2D eigenvalue weighted by Gasteiger charge is -2.16. The molecule has 0 atom stereocenters. The van der Waals surface area contributed by atoms with E-state index in [1.807, 2.05) is 12.1 Å². The molecule has 2 rings (SSSR count). The van der Waals surface area contributed by atoms with Crippen molar-refractivity contribution < 1.29 is 9.53 Å². The van der Waals surface area contributed by atoms with Crippen molar-refractivity contribution in [3.8, 4) is 0 Å². The largest absolute Gasteiger partial charge is 0.465 e. The van der Waals surface area contributed by atoms with E-state index in [2.05, 4.69) is 20.8 Å². The monoisotopic (exact) mass is 297 g/mol. The first-order chi connectivity index (χ1) is 8.20. The van der Waals surface area contributed by atoms with Crippen molar-refractivity contribution in [3.63, 3.8) is 0 Å². The molecule has 4 heteroatoms. The van der Waals surface area contributed by atoms with Crippen LogP contribution in [0.5, 0.6) is 0 Å². The Morgan fingerprint density at radius 2 is 2.12 bits per heavy atom. The van der Waals surface area contributed by atoms with Gasteiger partial charge in [-0.2, -0.15) is 0 Å². The Hall–Kier alpha value is -0.870. The molecule has 1 aliphatic rings. The zero-order valence-electron chi connectivity index (χ0n) is 9.91. The molecule has 0 aromatic heterocycles. The van der Waals surface area contributed by atoms with Crippen molar-refractivity contribution in [1.29, 1.82) is 0 Å². The van der Waals surface area contributed by atoms with Crippen LogP contribution in [0.2, 0.25) is 0 Å². The summed E-state index contributed by atoms with van der Waals surface area (Å²) in [7, 11) is 1.41. The van der Waals surface area contributed by atoms with Crippen LogP contribution in [0.25, 0.3) is 0 Å². The van der Waals surface area contributed by atoms with Gasteiger partial charge in [0.15, 0.2) is 0 Å². The van der Waals surface area contributed by atoms with E-state index in [0.717, 1.165) is 29.7 Å². The van der Waals surface area contributed by atoms with Gasteiger partial charge in [-0.05, 0) is 49.7 Å². The van der Waals surface area contributed by atoms with Crippen LogP contribution in [0.4, 0.5) is 0 Å². The van der Waals surface area contributed by atoms with E-state index >= 15 is 0 Å². The normalized spacial score (nSPS) is 16.1. The number of halogens is 1. The Bertz CT molecular complexity index is 414. The van der Waals surface area contributed by atoms with Crippen molar-refractivity contribution in [1.82, 2.24) is 4.90 Å². The summed E-state index contributed by atoms with van der Waals surface area (Å²) in [5.41, 5.74) is 1.76. The van der Waals surface area contributed by atoms with Crippen LogP contribution < -0.4 is 0 Å². The number of carbonyl (C=O) groups is 1. The SMILES string of the molecule is COC(=O)c1ccc(Br)c(CN2CCCC2)c1. The highest BCUT2D eigenvalue weighted by molar-refractivity contribution is 9.10. The fourth-order valence-corrected chi connectivity index (χ4v) is 2.49. The molecule has 0 unspecified atom stereocenters. The fourth-order valence-electron chi connectivity index (χ4n) is 2.12. The number of carbonyl (C=O) groups excluding carboxylic acids is 1. The molecule has 1 aromatic carbocycles. The van der Waals surface area contributed by atoms with Crippen LogP contribution >= 0.6 is 15.9 Å². The molecule has 1 heterocycles. The second-order valence-corrected chi connectivity index (χ2v) is 5.14. The number of benzene rings is 1. The summed E-state index contributed by atoms with van der Waals surface area (Å²) < 4.78 is 5.79. The van der Waals surface area contributed by atoms with Gasteiger partial charge < -0.3 is 4.74 Å². The van der Waals surface area contributed by atoms with Crippen LogP contribution in [0.1, 0.15) is 28.8 Å². The van der Waals surface area contributed by atoms with Crippen LogP contribution in [-0.2, 0) is 11.3 Å². The maximum atomic E-state index is 11.5. The zero-order valence-corrected chi connectivity index (χ0v) is 11.5. The quantitative estimate of drug-likeness (QED) is 0.804. The predicted molar refractivity (Wildman–Crippen MR) is 70.0 cm³/mol. The summed E-state index contributed by atoms with van der Waals surface area (Å²) in [6.45, 7) is 3.19. The molecule has 1 aromatic rings. The molecule has 1 aliphatic heterocycles. The summed E-state index contributed by atoms with van der Waals surface area (Å²) in [6.07, 6.45) is 2.54. The molecule has 92 valence electrons. The third kappa shape index (κ3) is 3.07. The Morgan fingerprint density at radius 1 is 1.41 bits per heavy atom. The highest BCUT2D eigenvalue weighted by Gasteiger charge is 2.15. The molecule has 17 heavy (non-hydrogen) atoms. The summed E-state index contributed by atoms with van der Waals surface area (Å²) in [6, 6.07) is 5.61. The number of hydrogen-bond acceptors (Lipinski definition) is 3. The van der Waals surface area contributed by atoms with Gasteiger partial charge in [-0.15, -0.1) is 0 Å². The Balaban J connectivity index is 2.16. The summed E-state index contributed by atoms with van der Waals surface area (Å²) in [5, 5.41) is 0. The number of nitrogens with zero attached hydrogens (tertiary/aromatic N) is 1. The zero-order chi connectivity index (χ0) is 12.3. The molecule has 1 fully saturated rings. The molecular weight excluding hydrogens is 282 g/mol. The molecule has 0 radical (unpaired) electrons. The lowest BCUT2D eigenvalue weighted by atomic mass is 10.1. The summed E-state index contributed by atoms with van der Waals surface area (Å²) >= 11 is 3.53. The first-order valence-electron chi connectivity index (χ1n) is 5.80. The number of likely N-dealkylation sites (tertiary alicyclic amines) is 1. The lowest BCUT2D eigenvalue weighted by Crippen LogP contribution is -2.19. The Morgan fingerprint density at radius 3 is 2.76 bits per heavy atom. The lowest BCUT2D eigenvalue weighted by molar-refractivity contribution is 0.0600. The van der Waals surface area contributed by atoms with Gasteiger partial charge in [0.1, 0.15) is 0 Å². The van der Waals surface area contributed by atoms with Crippen molar-refractivity contribution in [2.24, 2.45) is 0 Å². The summed E-state index contributed by atoms with van der Waals surface area (Å²) in [4.78, 5) is 13.9. The standard InChI is InChI=1S/C13H16BrNO2/c1-17-13(16)10-4-5-12(14)11(8-10)9-15-6-2-3-7-15/h4-5,8H,2-3,6-7,9H2,1H3. The Kier molecular flexibility index (Phi) is 4.18. The van der Waals surface area contributed by atoms with E-state index in [9.17, 15) is 4.79 Å². The number of hydrogen-bond donors (Lipinski definition) is 0. The van der Waals surface area contributed by atoms with Gasteiger partial charge in [0, 0.05) is 11.0 Å². The number of methoxy groups -OCH3 is 1. The number of rotatable bonds is 3. The van der Waals surface area contributed by atoms with Gasteiger partial charge in [-0.1, -0.05) is 15.9 Å². The average Bonchev–Trinajstić information content (AvgIpc) is 2.84. The molecule has 0 aliphatic carbocycles. The molecule has 0 spiro atoms. The first-order valence-corrected chi connectivity index (χ1v) is 6.59. The second kappa shape index (κ2) is 5.65. The molecule has 0 bridgehead atoms. The maximum absolute atomic E-state index is 11.5. The van der Waals surface area contributed by atoms with E-state index in [0.29, 0.717) is 5.56 Å². The minimum atomic E-state index is -0.278. The van der Waals surface area contributed by atoms with Crippen LogP contribution in [0.15, 0.2) is 22.7 Å². The van der Waals surface area contributed by atoms with Crippen molar-refractivity contribution in [3.05, 3.63) is 33.8 Å². The van der Waals surface area contributed by atoms with Gasteiger partial charge in [-0.25, -0.2) is 4.79 Å². The third-order valence-electron chi connectivity index (χ3n) is 3.06. The van der Waals surface area contributed by atoms with Crippen molar-refractivity contribution in [2.75, 3.05) is 20.2 Å². The van der Waals surface area contributed by atoms with E-state index in [1.165, 1.54) is 20.0 Å². The molecular formula is C13H16BrNO2. The Labute approximate surface area is 110 Å². The van der Waals surface area contributed by atoms with Crippen LogP contribution in [0.3, 0.4) is 0 Å². The van der Waals surface area contributed by atoms with E-state index < -0.39 is 0 Å². The molecule has 0 saturated carbocycles. The minimum Gasteiger partial charge on any atom is -0.465 e. The van der Waals surface area contributed by atoms with E-state index in [-0.39, 0.29) is 5.97 Å². The van der Waals surface area contributed by atoms with Gasteiger partial charge in [0.25, 0.3) is 0 Å². The molecule has 3 nitrogen and oxygen atoms in total. The fraction of sp³-hybridized carbons (Fsp3) is 0.462. The molecule has 0 N–H and O–H groups in total. The van der Waals surface area contributed by atoms with Crippen molar-refractivity contribution >= 4 is 21.9 Å². The maximum Gasteiger partial charge on any atom is 0.337 e. The predicted octanol–water partition coefficient (Wildman–Crippen LogP) is 2.83. The van der Waals surface area contributed by atoms with E-state index in [4.69, 9.17) is 4.74 Å². The van der Waals surface area contributed by atoms with Gasteiger partial charge in [0.2, 0.25) is 0 Å². The molecule has 1 saturated heterocycles. The van der Waals surface area contributed by atoms with Crippen LogP contribution in [-0.4, -0.2) is 31.1 Å². The van der Waals surface area contributed by atoms with Gasteiger partial charge >= 0.3 is 5.97 Å². The topological polar surface area (TPSA) is 29.5 Å². The highest BCUT2D eigenvalue weighted by Crippen LogP contribution is 2.22. The number of ether oxygens (including phenoxy) is 1. The summed E-state index contributed by atoms with van der Waals surface area (Å²) in [5.74, 6) is -0.278. The minimum absolute atomic E-state index is 0.278. The van der Waals surface area contributed by atoms with Gasteiger partial charge in [0.05, 0.1) is 12.7 Å². The average molecular weight is 298 g/mol. The van der Waals surface area contributed by atoms with E-state index in [1.54, 1.807) is 6.07 Å². The third-order valence-corrected chi connectivity index (χ3v) is 3.83. The first kappa shape index (κ1) is 12.6.